The van der Waals surface area contributed by atoms with E-state index in [1.807, 2.05) is 0 Å². The fourth-order valence-corrected chi connectivity index (χ4v) is 1.91. The lowest BCUT2D eigenvalue weighted by Gasteiger charge is -2.13. The number of carbonyl (C=O) groups excluding carboxylic acids is 3. The molecule has 2 rings (SSSR count). The second-order valence-electron chi connectivity index (χ2n) is 5.50. The van der Waals surface area contributed by atoms with Gasteiger partial charge in [-0.1, -0.05) is 6.92 Å². The summed E-state index contributed by atoms with van der Waals surface area (Å²) in [5, 5.41) is 2.77. The zero-order chi connectivity index (χ0) is 16.8. The van der Waals surface area contributed by atoms with E-state index in [9.17, 15) is 14.4 Å². The number of rotatable bonds is 8. The Morgan fingerprint density at radius 2 is 1.87 bits per heavy atom. The fourth-order valence-electron chi connectivity index (χ4n) is 1.91. The maximum atomic E-state index is 11.7. The minimum Gasteiger partial charge on any atom is -0.482 e. The summed E-state index contributed by atoms with van der Waals surface area (Å²) < 4.78 is 10.3. The third kappa shape index (κ3) is 5.39. The van der Waals surface area contributed by atoms with E-state index in [0.29, 0.717) is 17.7 Å². The first kappa shape index (κ1) is 17.0. The van der Waals surface area contributed by atoms with Crippen molar-refractivity contribution in [3.63, 3.8) is 0 Å². The molecule has 6 heteroatoms. The molecule has 23 heavy (non-hydrogen) atoms. The molecule has 1 amide bonds. The molecule has 124 valence electrons. The van der Waals surface area contributed by atoms with Crippen LogP contribution in [0, 0.1) is 0 Å². The molecule has 6 nitrogen and oxygen atoms in total. The minimum atomic E-state index is -0.837. The molecule has 0 spiro atoms. The van der Waals surface area contributed by atoms with E-state index in [-0.39, 0.29) is 24.3 Å². The predicted molar refractivity (Wildman–Crippen MR) is 83.3 cm³/mol. The largest absolute Gasteiger partial charge is 0.482 e. The van der Waals surface area contributed by atoms with Crippen molar-refractivity contribution < 1.29 is 23.9 Å². The van der Waals surface area contributed by atoms with Crippen LogP contribution in [0.4, 0.5) is 0 Å². The molecule has 1 aromatic rings. The van der Waals surface area contributed by atoms with Crippen molar-refractivity contribution in [2.45, 2.75) is 45.3 Å². The molecule has 0 bridgehead atoms. The van der Waals surface area contributed by atoms with E-state index in [1.54, 1.807) is 31.2 Å². The molecule has 0 aromatic heterocycles. The number of esters is 1. The lowest BCUT2D eigenvalue weighted by molar-refractivity contribution is -0.156. The van der Waals surface area contributed by atoms with E-state index in [1.165, 1.54) is 6.92 Å². The number of amides is 1. The molecule has 1 saturated carbocycles. The highest BCUT2D eigenvalue weighted by atomic mass is 16.6. The second-order valence-corrected chi connectivity index (χ2v) is 5.50. The summed E-state index contributed by atoms with van der Waals surface area (Å²) in [6, 6.07) is 6.78. The number of nitrogens with one attached hydrogen (secondary N) is 1. The summed E-state index contributed by atoms with van der Waals surface area (Å²) in [7, 11) is 0. The topological polar surface area (TPSA) is 81.7 Å². The van der Waals surface area contributed by atoms with Crippen molar-refractivity contribution in [1.82, 2.24) is 5.32 Å². The van der Waals surface area contributed by atoms with Crippen LogP contribution in [0.15, 0.2) is 24.3 Å². The zero-order valence-electron chi connectivity index (χ0n) is 13.3. The maximum Gasteiger partial charge on any atom is 0.344 e. The van der Waals surface area contributed by atoms with E-state index < -0.39 is 12.1 Å². The first-order valence-corrected chi connectivity index (χ1v) is 7.75. The number of ketones is 1. The van der Waals surface area contributed by atoms with Crippen molar-refractivity contribution in [2.24, 2.45) is 0 Å². The normalized spacial score (nSPS) is 14.7. The number of ether oxygens (including phenoxy) is 2. The van der Waals surface area contributed by atoms with Crippen LogP contribution < -0.4 is 10.1 Å². The van der Waals surface area contributed by atoms with Crippen molar-refractivity contribution in [3.05, 3.63) is 29.8 Å². The standard InChI is InChI=1S/C17H21NO5/c1-3-15(19)12-4-8-14(9-5-12)22-10-16(20)23-11(2)17(21)18-13-6-7-13/h4-5,8-9,11,13H,3,6-7,10H2,1-2H3,(H,18,21)/t11-/m1/s1. The lowest BCUT2D eigenvalue weighted by atomic mass is 10.1. The number of Topliss-reactive ketones (excluding diaryl/α,β-unsaturated/α-hetero) is 1. The minimum absolute atomic E-state index is 0.0476. The average Bonchev–Trinajstić information content (AvgIpc) is 3.36. The Morgan fingerprint density at radius 3 is 2.43 bits per heavy atom. The van der Waals surface area contributed by atoms with Gasteiger partial charge in [-0.3, -0.25) is 9.59 Å². The molecule has 0 radical (unpaired) electrons. The number of hydrogen-bond acceptors (Lipinski definition) is 5. The maximum absolute atomic E-state index is 11.7. The van der Waals surface area contributed by atoms with Crippen LogP contribution in [0.25, 0.3) is 0 Å². The predicted octanol–water partition coefficient (Wildman–Crippen LogP) is 1.87. The third-order valence-electron chi connectivity index (χ3n) is 3.46. The Kier molecular flexibility index (Phi) is 5.73. The first-order chi connectivity index (χ1) is 11.0. The summed E-state index contributed by atoms with van der Waals surface area (Å²) in [4.78, 5) is 34.8. The van der Waals surface area contributed by atoms with Crippen molar-refractivity contribution in [3.8, 4) is 5.75 Å². The van der Waals surface area contributed by atoms with Crippen LogP contribution >= 0.6 is 0 Å². The van der Waals surface area contributed by atoms with Gasteiger partial charge in [-0.05, 0) is 44.0 Å². The Balaban J connectivity index is 1.74. The van der Waals surface area contributed by atoms with Gasteiger partial charge in [0, 0.05) is 18.0 Å². The van der Waals surface area contributed by atoms with Gasteiger partial charge >= 0.3 is 5.97 Å². The Bertz CT molecular complexity index is 577. The van der Waals surface area contributed by atoms with Crippen molar-refractivity contribution in [1.29, 1.82) is 0 Å². The zero-order valence-corrected chi connectivity index (χ0v) is 13.3. The van der Waals surface area contributed by atoms with Gasteiger partial charge in [0.05, 0.1) is 0 Å². The van der Waals surface area contributed by atoms with Gasteiger partial charge in [0.15, 0.2) is 18.5 Å². The molecule has 1 fully saturated rings. The van der Waals surface area contributed by atoms with Gasteiger partial charge in [-0.15, -0.1) is 0 Å². The van der Waals surface area contributed by atoms with Gasteiger partial charge in [0.2, 0.25) is 0 Å². The first-order valence-electron chi connectivity index (χ1n) is 7.75. The summed E-state index contributed by atoms with van der Waals surface area (Å²) in [6.07, 6.45) is 1.56. The number of carbonyl (C=O) groups is 3. The second kappa shape index (κ2) is 7.76. The Hall–Kier alpha value is -2.37. The van der Waals surface area contributed by atoms with Gasteiger partial charge in [0.1, 0.15) is 5.75 Å². The highest BCUT2D eigenvalue weighted by Crippen LogP contribution is 2.19. The van der Waals surface area contributed by atoms with E-state index in [0.717, 1.165) is 12.8 Å². The van der Waals surface area contributed by atoms with Crippen LogP contribution in [0.3, 0.4) is 0 Å². The van der Waals surface area contributed by atoms with Crippen molar-refractivity contribution >= 4 is 17.7 Å². The summed E-state index contributed by atoms with van der Waals surface area (Å²) >= 11 is 0. The molecule has 1 N–H and O–H groups in total. The highest BCUT2D eigenvalue weighted by molar-refractivity contribution is 5.95. The van der Waals surface area contributed by atoms with Crippen molar-refractivity contribution in [2.75, 3.05) is 6.61 Å². The van der Waals surface area contributed by atoms with Gasteiger partial charge < -0.3 is 14.8 Å². The molecule has 0 unspecified atom stereocenters. The average molecular weight is 319 g/mol. The molecular weight excluding hydrogens is 298 g/mol. The quantitative estimate of drug-likeness (QED) is 0.584. The molecule has 1 aliphatic rings. The summed E-state index contributed by atoms with van der Waals surface area (Å²) in [5.41, 5.74) is 0.604. The Labute approximate surface area is 135 Å². The molecule has 0 saturated heterocycles. The summed E-state index contributed by atoms with van der Waals surface area (Å²) in [5.74, 6) is -0.392. The number of benzene rings is 1. The molecule has 0 aliphatic heterocycles. The van der Waals surface area contributed by atoms with Gasteiger partial charge in [-0.2, -0.15) is 0 Å². The smallest absolute Gasteiger partial charge is 0.344 e. The van der Waals surface area contributed by atoms with Gasteiger partial charge in [0.25, 0.3) is 5.91 Å². The SMILES string of the molecule is CCC(=O)c1ccc(OCC(=O)O[C@H](C)C(=O)NC2CC2)cc1. The molecule has 1 aliphatic carbocycles. The van der Waals surface area contributed by atoms with E-state index in [2.05, 4.69) is 5.32 Å². The van der Waals surface area contributed by atoms with E-state index in [4.69, 9.17) is 9.47 Å². The van der Waals surface area contributed by atoms with Gasteiger partial charge in [-0.25, -0.2) is 4.79 Å². The van der Waals surface area contributed by atoms with Crippen LogP contribution in [0.1, 0.15) is 43.5 Å². The molecule has 1 aromatic carbocycles. The Morgan fingerprint density at radius 1 is 1.22 bits per heavy atom. The van der Waals surface area contributed by atoms with Crippen LogP contribution in [-0.2, 0) is 14.3 Å². The van der Waals surface area contributed by atoms with Crippen LogP contribution in [0.2, 0.25) is 0 Å². The molecular formula is C17H21NO5. The monoisotopic (exact) mass is 319 g/mol. The third-order valence-corrected chi connectivity index (χ3v) is 3.46. The fraction of sp³-hybridized carbons (Fsp3) is 0.471. The number of hydrogen-bond donors (Lipinski definition) is 1. The highest BCUT2D eigenvalue weighted by Gasteiger charge is 2.27. The molecule has 0 heterocycles. The van der Waals surface area contributed by atoms with Crippen LogP contribution in [-0.4, -0.2) is 36.4 Å². The van der Waals surface area contributed by atoms with E-state index >= 15 is 0 Å². The lowest BCUT2D eigenvalue weighted by Crippen LogP contribution is -2.37. The van der Waals surface area contributed by atoms with Crippen LogP contribution in [0.5, 0.6) is 5.75 Å². The summed E-state index contributed by atoms with van der Waals surface area (Å²) in [6.45, 7) is 3.03. The molecule has 1 atom stereocenters.